The van der Waals surface area contributed by atoms with Crippen molar-refractivity contribution in [2.75, 3.05) is 23.7 Å². The Kier molecular flexibility index (Phi) is 4.47. The van der Waals surface area contributed by atoms with Gasteiger partial charge in [0.25, 0.3) is 0 Å². The number of amides is 2. The zero-order chi connectivity index (χ0) is 20.9. The number of aryl methyl sites for hydroxylation is 1. The molecule has 2 amide bonds. The van der Waals surface area contributed by atoms with E-state index in [1.54, 1.807) is 18.2 Å². The van der Waals surface area contributed by atoms with E-state index in [-0.39, 0.29) is 17.4 Å². The van der Waals surface area contributed by atoms with Crippen molar-refractivity contribution in [3.63, 3.8) is 0 Å². The van der Waals surface area contributed by atoms with Crippen molar-refractivity contribution in [2.24, 2.45) is 0 Å². The van der Waals surface area contributed by atoms with Gasteiger partial charge in [0.2, 0.25) is 0 Å². The largest absolute Gasteiger partial charge is 0.372 e. The van der Waals surface area contributed by atoms with Gasteiger partial charge in [0, 0.05) is 35.7 Å². The van der Waals surface area contributed by atoms with E-state index in [0.29, 0.717) is 23.8 Å². The highest BCUT2D eigenvalue weighted by molar-refractivity contribution is 6.31. The summed E-state index contributed by atoms with van der Waals surface area (Å²) in [6, 6.07) is 14.3. The topological polar surface area (TPSA) is 49.3 Å². The Morgan fingerprint density at radius 1 is 1.17 bits per heavy atom. The lowest BCUT2D eigenvalue weighted by Crippen LogP contribution is -2.51. The summed E-state index contributed by atoms with van der Waals surface area (Å²) in [6.45, 7) is 3.11. The summed E-state index contributed by atoms with van der Waals surface area (Å²) < 4.78 is 16.0. The molecule has 2 aliphatic rings. The monoisotopic (exact) mass is 424 g/mol. The number of hydrogen-bond donors (Lipinski definition) is 2. The molecule has 0 radical (unpaired) electrons. The Morgan fingerprint density at radius 2 is 1.97 bits per heavy atom. The van der Waals surface area contributed by atoms with E-state index in [1.165, 1.54) is 6.07 Å². The Bertz CT molecular complexity index is 1130. The van der Waals surface area contributed by atoms with Gasteiger partial charge in [-0.1, -0.05) is 17.7 Å². The molecule has 2 aliphatic heterocycles. The zero-order valence-electron chi connectivity index (χ0n) is 16.6. The number of carbonyl (C=O) groups excluding carboxylic acids is 1. The van der Waals surface area contributed by atoms with Crippen LogP contribution in [0.15, 0.2) is 54.7 Å². The summed E-state index contributed by atoms with van der Waals surface area (Å²) in [5.41, 5.74) is 4.20. The smallest absolute Gasteiger partial charge is 0.321 e. The fourth-order valence-corrected chi connectivity index (χ4v) is 4.65. The van der Waals surface area contributed by atoms with Gasteiger partial charge in [0.1, 0.15) is 5.82 Å². The molecule has 1 saturated heterocycles. The van der Waals surface area contributed by atoms with Crippen molar-refractivity contribution in [1.29, 1.82) is 0 Å². The number of likely N-dealkylation sites (tertiary alicyclic amines) is 1. The van der Waals surface area contributed by atoms with Crippen LogP contribution >= 0.6 is 11.6 Å². The summed E-state index contributed by atoms with van der Waals surface area (Å²) in [5.74, 6) is -0.263. The summed E-state index contributed by atoms with van der Waals surface area (Å²) in [7, 11) is 0. The van der Waals surface area contributed by atoms with E-state index in [2.05, 4.69) is 21.3 Å². The fraction of sp³-hybridized carbons (Fsp3) is 0.261. The number of nitrogens with zero attached hydrogens (tertiary/aromatic N) is 2. The predicted molar refractivity (Wildman–Crippen MR) is 117 cm³/mol. The van der Waals surface area contributed by atoms with Gasteiger partial charge in [0.15, 0.2) is 0 Å². The maximum absolute atomic E-state index is 13.9. The third kappa shape index (κ3) is 3.12. The number of nitrogens with one attached hydrogen (secondary N) is 2. The number of halogens is 2. The van der Waals surface area contributed by atoms with Crippen LogP contribution in [0.3, 0.4) is 0 Å². The number of anilines is 2. The van der Waals surface area contributed by atoms with Gasteiger partial charge in [-0.25, -0.2) is 9.18 Å². The zero-order valence-corrected chi connectivity index (χ0v) is 17.3. The normalized spacial score (nSPS) is 16.6. The van der Waals surface area contributed by atoms with Gasteiger partial charge in [-0.15, -0.1) is 0 Å². The number of fused-ring (bicyclic) bond motifs is 4. The Hall–Kier alpha value is -2.99. The molecule has 1 fully saturated rings. The molecule has 154 valence electrons. The molecule has 3 aromatic rings. The minimum Gasteiger partial charge on any atom is -0.372 e. The van der Waals surface area contributed by atoms with Crippen molar-refractivity contribution in [2.45, 2.75) is 25.3 Å². The van der Waals surface area contributed by atoms with Crippen LogP contribution < -0.4 is 10.6 Å². The number of urea groups is 1. The average Bonchev–Trinajstić information content (AvgIpc) is 3.22. The van der Waals surface area contributed by atoms with Gasteiger partial charge < -0.3 is 20.1 Å². The van der Waals surface area contributed by atoms with Gasteiger partial charge in [-0.2, -0.15) is 0 Å². The third-order valence-corrected chi connectivity index (χ3v) is 6.57. The fourth-order valence-electron chi connectivity index (χ4n) is 4.47. The first kappa shape index (κ1) is 19.0. The first-order valence-corrected chi connectivity index (χ1v) is 10.4. The Labute approximate surface area is 179 Å². The van der Waals surface area contributed by atoms with E-state index in [1.807, 2.05) is 36.2 Å². The van der Waals surface area contributed by atoms with Crippen molar-refractivity contribution >= 4 is 29.0 Å². The molecule has 1 spiro atoms. The molecule has 0 saturated carbocycles. The lowest BCUT2D eigenvalue weighted by molar-refractivity contribution is 0.174. The van der Waals surface area contributed by atoms with E-state index in [4.69, 9.17) is 11.6 Å². The molecule has 5 rings (SSSR count). The molecule has 0 unspecified atom stereocenters. The third-order valence-electron chi connectivity index (χ3n) is 6.16. The van der Waals surface area contributed by atoms with Crippen LogP contribution in [0, 0.1) is 12.7 Å². The standard InChI is InChI=1S/C23H22ClFN4O/c1-15-4-6-17(14-18(15)24)26-22(30)28-11-8-23(9-12-28)21-3-2-10-29(21)20-7-5-16(25)13-19(20)27-23/h2-7,10,13-14,27H,8-9,11-12H2,1H3,(H,26,30). The number of carbonyl (C=O) groups is 1. The van der Waals surface area contributed by atoms with Crippen LogP contribution in [-0.2, 0) is 5.54 Å². The molecule has 5 nitrogen and oxygen atoms in total. The van der Waals surface area contributed by atoms with Crippen molar-refractivity contribution < 1.29 is 9.18 Å². The summed E-state index contributed by atoms with van der Waals surface area (Å²) in [4.78, 5) is 14.6. The van der Waals surface area contributed by atoms with Crippen LogP contribution in [-0.4, -0.2) is 28.6 Å². The SMILES string of the molecule is Cc1ccc(NC(=O)N2CCC3(CC2)Nc2cc(F)ccc2-n2cccc23)cc1Cl. The van der Waals surface area contributed by atoms with E-state index in [0.717, 1.165) is 35.5 Å². The summed E-state index contributed by atoms with van der Waals surface area (Å²) >= 11 is 6.17. The molecule has 30 heavy (non-hydrogen) atoms. The highest BCUT2D eigenvalue weighted by Gasteiger charge is 2.42. The van der Waals surface area contributed by atoms with E-state index >= 15 is 0 Å². The molecule has 2 aromatic carbocycles. The van der Waals surface area contributed by atoms with Gasteiger partial charge in [0.05, 0.1) is 16.9 Å². The highest BCUT2D eigenvalue weighted by atomic mass is 35.5. The second-order valence-electron chi connectivity index (χ2n) is 8.01. The maximum atomic E-state index is 13.9. The second-order valence-corrected chi connectivity index (χ2v) is 8.42. The van der Waals surface area contributed by atoms with Gasteiger partial charge in [-0.3, -0.25) is 0 Å². The highest BCUT2D eigenvalue weighted by Crippen LogP contribution is 2.43. The molecule has 3 heterocycles. The summed E-state index contributed by atoms with van der Waals surface area (Å²) in [5, 5.41) is 7.15. The molecule has 1 aromatic heterocycles. The van der Waals surface area contributed by atoms with E-state index in [9.17, 15) is 9.18 Å². The number of piperidine rings is 1. The van der Waals surface area contributed by atoms with Crippen LogP contribution in [0.1, 0.15) is 24.1 Å². The Morgan fingerprint density at radius 3 is 2.73 bits per heavy atom. The van der Waals surface area contributed by atoms with Gasteiger partial charge in [-0.05, 0) is 67.8 Å². The lowest BCUT2D eigenvalue weighted by Gasteiger charge is -2.46. The summed E-state index contributed by atoms with van der Waals surface area (Å²) in [6.07, 6.45) is 3.47. The molecule has 0 aliphatic carbocycles. The number of aromatic nitrogens is 1. The first-order chi connectivity index (χ1) is 14.4. The first-order valence-electron chi connectivity index (χ1n) is 10.0. The van der Waals surface area contributed by atoms with Crippen LogP contribution in [0.2, 0.25) is 5.02 Å². The number of hydrogen-bond acceptors (Lipinski definition) is 2. The minimum atomic E-state index is -0.325. The van der Waals surface area contributed by atoms with Crippen LogP contribution in [0.25, 0.3) is 5.69 Å². The predicted octanol–water partition coefficient (Wildman–Crippen LogP) is 5.53. The van der Waals surface area contributed by atoms with E-state index < -0.39 is 0 Å². The molecule has 0 bridgehead atoms. The molecule has 7 heteroatoms. The average molecular weight is 425 g/mol. The quantitative estimate of drug-likeness (QED) is 0.539. The Balaban J connectivity index is 1.34. The number of benzene rings is 2. The van der Waals surface area contributed by atoms with Crippen LogP contribution in [0.4, 0.5) is 20.6 Å². The molecular weight excluding hydrogens is 403 g/mol. The van der Waals surface area contributed by atoms with Crippen molar-refractivity contribution in [3.05, 3.63) is 76.8 Å². The minimum absolute atomic E-state index is 0.137. The van der Waals surface area contributed by atoms with Crippen molar-refractivity contribution in [1.82, 2.24) is 9.47 Å². The van der Waals surface area contributed by atoms with Crippen molar-refractivity contribution in [3.8, 4) is 5.69 Å². The lowest BCUT2D eigenvalue weighted by atomic mass is 9.82. The molecular formula is C23H22ClFN4O. The number of rotatable bonds is 1. The maximum Gasteiger partial charge on any atom is 0.321 e. The van der Waals surface area contributed by atoms with Gasteiger partial charge >= 0.3 is 6.03 Å². The second kappa shape index (κ2) is 7.06. The molecule has 0 atom stereocenters. The molecule has 2 N–H and O–H groups in total. The van der Waals surface area contributed by atoms with Crippen LogP contribution in [0.5, 0.6) is 0 Å².